The van der Waals surface area contributed by atoms with Crippen LogP contribution in [-0.2, 0) is 11.2 Å². The standard InChI is InChI=1S/C12H15N3O/c1-8-11(15-12(16)7-14-8)6-9-2-4-10(13)5-3-9/h2-5,11,14H,1,6-7,13H2,(H,15,16). The molecular formula is C12H15N3O. The lowest BCUT2D eigenvalue weighted by atomic mass is 10.0. The molecule has 1 atom stereocenters. The van der Waals surface area contributed by atoms with Crippen LogP contribution in [0.15, 0.2) is 36.5 Å². The van der Waals surface area contributed by atoms with Crippen LogP contribution in [0.1, 0.15) is 5.56 Å². The Bertz CT molecular complexity index is 411. The monoisotopic (exact) mass is 217 g/mol. The molecule has 0 saturated carbocycles. The molecule has 4 N–H and O–H groups in total. The van der Waals surface area contributed by atoms with Crippen molar-refractivity contribution in [2.24, 2.45) is 0 Å². The first-order valence-corrected chi connectivity index (χ1v) is 5.21. The Labute approximate surface area is 94.5 Å². The van der Waals surface area contributed by atoms with Gasteiger partial charge in [-0.05, 0) is 24.1 Å². The van der Waals surface area contributed by atoms with Gasteiger partial charge in [0.1, 0.15) is 0 Å². The number of nitrogens with two attached hydrogens (primary N) is 1. The maximum atomic E-state index is 11.2. The summed E-state index contributed by atoms with van der Waals surface area (Å²) >= 11 is 0. The minimum Gasteiger partial charge on any atom is -0.399 e. The van der Waals surface area contributed by atoms with E-state index in [1.807, 2.05) is 24.3 Å². The van der Waals surface area contributed by atoms with Crippen LogP contribution in [0, 0.1) is 0 Å². The van der Waals surface area contributed by atoms with E-state index in [9.17, 15) is 4.79 Å². The van der Waals surface area contributed by atoms with Crippen LogP contribution < -0.4 is 16.4 Å². The molecule has 0 radical (unpaired) electrons. The van der Waals surface area contributed by atoms with Crippen LogP contribution in [-0.4, -0.2) is 18.5 Å². The molecule has 84 valence electrons. The Hall–Kier alpha value is -1.97. The van der Waals surface area contributed by atoms with Gasteiger partial charge in [0.25, 0.3) is 0 Å². The Morgan fingerprint density at radius 1 is 1.38 bits per heavy atom. The Morgan fingerprint density at radius 3 is 2.75 bits per heavy atom. The molecule has 1 aromatic carbocycles. The van der Waals surface area contributed by atoms with Crippen molar-refractivity contribution in [1.29, 1.82) is 0 Å². The second kappa shape index (κ2) is 4.26. The first-order valence-electron chi connectivity index (χ1n) is 5.21. The maximum absolute atomic E-state index is 11.2. The van der Waals surface area contributed by atoms with E-state index in [-0.39, 0.29) is 11.9 Å². The molecule has 0 aliphatic carbocycles. The quantitative estimate of drug-likeness (QED) is 0.629. The van der Waals surface area contributed by atoms with Gasteiger partial charge >= 0.3 is 0 Å². The Kier molecular flexibility index (Phi) is 2.81. The molecule has 1 heterocycles. The minimum atomic E-state index is -0.0372. The zero-order valence-corrected chi connectivity index (χ0v) is 8.99. The number of anilines is 1. The summed E-state index contributed by atoms with van der Waals surface area (Å²) in [5.41, 5.74) is 8.34. The third-order valence-corrected chi connectivity index (χ3v) is 2.65. The summed E-state index contributed by atoms with van der Waals surface area (Å²) in [7, 11) is 0. The molecule has 1 saturated heterocycles. The van der Waals surface area contributed by atoms with Crippen molar-refractivity contribution >= 4 is 11.6 Å². The van der Waals surface area contributed by atoms with Gasteiger partial charge in [0, 0.05) is 11.4 Å². The van der Waals surface area contributed by atoms with Gasteiger partial charge in [-0.15, -0.1) is 0 Å². The number of amides is 1. The number of rotatable bonds is 2. The largest absolute Gasteiger partial charge is 0.399 e. The van der Waals surface area contributed by atoms with E-state index >= 15 is 0 Å². The van der Waals surface area contributed by atoms with Gasteiger partial charge in [-0.2, -0.15) is 0 Å². The van der Waals surface area contributed by atoms with Crippen LogP contribution in [0.3, 0.4) is 0 Å². The molecule has 0 aromatic heterocycles. The molecule has 4 heteroatoms. The number of benzene rings is 1. The Balaban J connectivity index is 2.05. The number of hydrogen-bond acceptors (Lipinski definition) is 3. The van der Waals surface area contributed by atoms with E-state index in [1.165, 1.54) is 0 Å². The van der Waals surface area contributed by atoms with E-state index < -0.39 is 0 Å². The normalized spacial score (nSPS) is 20.1. The van der Waals surface area contributed by atoms with Crippen molar-refractivity contribution in [1.82, 2.24) is 10.6 Å². The highest BCUT2D eigenvalue weighted by atomic mass is 16.2. The molecule has 1 aromatic rings. The zero-order chi connectivity index (χ0) is 11.5. The lowest BCUT2D eigenvalue weighted by Crippen LogP contribution is -2.50. The van der Waals surface area contributed by atoms with Crippen molar-refractivity contribution in [2.75, 3.05) is 12.3 Å². The molecule has 1 unspecified atom stereocenters. The lowest BCUT2D eigenvalue weighted by molar-refractivity contribution is -0.121. The lowest BCUT2D eigenvalue weighted by Gasteiger charge is -2.27. The number of carbonyl (C=O) groups excluding carboxylic acids is 1. The van der Waals surface area contributed by atoms with Gasteiger partial charge in [0.05, 0.1) is 12.6 Å². The van der Waals surface area contributed by atoms with Crippen LogP contribution in [0.25, 0.3) is 0 Å². The van der Waals surface area contributed by atoms with Gasteiger partial charge in [-0.3, -0.25) is 4.79 Å². The molecule has 1 aliphatic heterocycles. The summed E-state index contributed by atoms with van der Waals surface area (Å²) in [5.74, 6) is 0.00726. The molecule has 1 aliphatic rings. The summed E-state index contributed by atoms with van der Waals surface area (Å²) in [6.07, 6.45) is 0.734. The van der Waals surface area contributed by atoms with Crippen LogP contribution in [0.4, 0.5) is 5.69 Å². The predicted octanol–water partition coefficient (Wildman–Crippen LogP) is 0.413. The summed E-state index contributed by atoms with van der Waals surface area (Å²) in [6.45, 7) is 4.21. The summed E-state index contributed by atoms with van der Waals surface area (Å²) in [5, 5.41) is 5.88. The third-order valence-electron chi connectivity index (χ3n) is 2.65. The van der Waals surface area contributed by atoms with E-state index in [2.05, 4.69) is 17.2 Å². The second-order valence-electron chi connectivity index (χ2n) is 3.94. The average molecular weight is 217 g/mol. The highest BCUT2D eigenvalue weighted by molar-refractivity contribution is 5.80. The topological polar surface area (TPSA) is 67.2 Å². The molecule has 16 heavy (non-hydrogen) atoms. The first kappa shape index (κ1) is 10.5. The van der Waals surface area contributed by atoms with Gasteiger partial charge < -0.3 is 16.4 Å². The Morgan fingerprint density at radius 2 is 2.06 bits per heavy atom. The van der Waals surface area contributed by atoms with Crippen molar-refractivity contribution in [3.8, 4) is 0 Å². The molecule has 2 rings (SSSR count). The van der Waals surface area contributed by atoms with E-state index in [4.69, 9.17) is 5.73 Å². The van der Waals surface area contributed by atoms with Gasteiger partial charge in [-0.1, -0.05) is 18.7 Å². The fraction of sp³-hybridized carbons (Fsp3) is 0.250. The van der Waals surface area contributed by atoms with Crippen molar-refractivity contribution < 1.29 is 4.79 Å². The highest BCUT2D eigenvalue weighted by Gasteiger charge is 2.20. The van der Waals surface area contributed by atoms with Crippen molar-refractivity contribution in [2.45, 2.75) is 12.5 Å². The number of hydrogen-bond donors (Lipinski definition) is 3. The summed E-state index contributed by atoms with van der Waals surface area (Å²) in [4.78, 5) is 11.2. The highest BCUT2D eigenvalue weighted by Crippen LogP contribution is 2.11. The molecule has 0 spiro atoms. The van der Waals surface area contributed by atoms with Gasteiger partial charge in [0.2, 0.25) is 5.91 Å². The smallest absolute Gasteiger partial charge is 0.239 e. The summed E-state index contributed by atoms with van der Waals surface area (Å²) < 4.78 is 0. The number of nitrogens with one attached hydrogen (secondary N) is 2. The molecular weight excluding hydrogens is 202 g/mol. The minimum absolute atomic E-state index is 0.00726. The number of carbonyl (C=O) groups is 1. The second-order valence-corrected chi connectivity index (χ2v) is 3.94. The molecule has 0 bridgehead atoms. The van der Waals surface area contributed by atoms with Crippen molar-refractivity contribution in [3.63, 3.8) is 0 Å². The number of nitrogen functional groups attached to an aromatic ring is 1. The number of piperazine rings is 1. The predicted molar refractivity (Wildman–Crippen MR) is 63.6 cm³/mol. The van der Waals surface area contributed by atoms with Crippen LogP contribution in [0.2, 0.25) is 0 Å². The van der Waals surface area contributed by atoms with Gasteiger partial charge in [-0.25, -0.2) is 0 Å². The van der Waals surface area contributed by atoms with E-state index in [0.717, 1.165) is 23.4 Å². The molecule has 4 nitrogen and oxygen atoms in total. The van der Waals surface area contributed by atoms with Crippen LogP contribution in [0.5, 0.6) is 0 Å². The average Bonchev–Trinajstić information content (AvgIpc) is 2.27. The third kappa shape index (κ3) is 2.34. The molecule has 1 fully saturated rings. The van der Waals surface area contributed by atoms with Gasteiger partial charge in [0.15, 0.2) is 0 Å². The van der Waals surface area contributed by atoms with Crippen molar-refractivity contribution in [3.05, 3.63) is 42.1 Å². The first-order chi connectivity index (χ1) is 7.65. The summed E-state index contributed by atoms with van der Waals surface area (Å²) in [6, 6.07) is 7.60. The van der Waals surface area contributed by atoms with E-state index in [0.29, 0.717) is 6.54 Å². The fourth-order valence-corrected chi connectivity index (χ4v) is 1.71. The maximum Gasteiger partial charge on any atom is 0.239 e. The molecule has 1 amide bonds. The zero-order valence-electron chi connectivity index (χ0n) is 8.99. The SMILES string of the molecule is C=C1NCC(=O)NC1Cc1ccc(N)cc1. The van der Waals surface area contributed by atoms with Crippen LogP contribution >= 0.6 is 0 Å². The fourth-order valence-electron chi connectivity index (χ4n) is 1.71. The van der Waals surface area contributed by atoms with E-state index in [1.54, 1.807) is 0 Å².